The summed E-state index contributed by atoms with van der Waals surface area (Å²) in [5, 5.41) is 8.97. The van der Waals surface area contributed by atoms with Gasteiger partial charge in [0.15, 0.2) is 10.9 Å². The van der Waals surface area contributed by atoms with E-state index in [1.165, 1.54) is 41.9 Å². The summed E-state index contributed by atoms with van der Waals surface area (Å²) in [5.74, 6) is 0.741. The maximum atomic E-state index is 13.3. The van der Waals surface area contributed by atoms with E-state index in [1.807, 2.05) is 34.9 Å². The Morgan fingerprint density at radius 2 is 1.76 bits per heavy atom. The molecule has 34 heavy (non-hydrogen) atoms. The Kier molecular flexibility index (Phi) is 7.06. The van der Waals surface area contributed by atoms with Crippen LogP contribution in [0.1, 0.15) is 16.7 Å². The Hall–Kier alpha value is -3.53. The number of furan rings is 1. The van der Waals surface area contributed by atoms with Crippen LogP contribution in [0.3, 0.4) is 0 Å². The lowest BCUT2D eigenvalue weighted by molar-refractivity contribution is -0.139. The van der Waals surface area contributed by atoms with Gasteiger partial charge in [-0.25, -0.2) is 0 Å². The Balaban J connectivity index is 1.49. The number of aromatic nitrogens is 3. The Bertz CT molecular complexity index is 1240. The SMILES string of the molecule is CN(Cc1ccccc1C(F)(F)F)C(=O)CSc1nnc(-c2ccco2)n1Cc1ccccc1. The lowest BCUT2D eigenvalue weighted by Gasteiger charge is -2.20. The molecule has 0 saturated carbocycles. The van der Waals surface area contributed by atoms with Gasteiger partial charge in [-0.15, -0.1) is 10.2 Å². The Morgan fingerprint density at radius 3 is 2.47 bits per heavy atom. The van der Waals surface area contributed by atoms with Crippen molar-refractivity contribution in [1.82, 2.24) is 19.7 Å². The first kappa shape index (κ1) is 23.6. The van der Waals surface area contributed by atoms with Crippen molar-refractivity contribution in [3.05, 3.63) is 89.7 Å². The van der Waals surface area contributed by atoms with Gasteiger partial charge in [0.2, 0.25) is 11.7 Å². The molecular formula is C24H21F3N4O2S. The van der Waals surface area contributed by atoms with Crippen LogP contribution in [0.4, 0.5) is 13.2 Å². The number of carbonyl (C=O) groups excluding carboxylic acids is 1. The van der Waals surface area contributed by atoms with Crippen LogP contribution in [0.2, 0.25) is 0 Å². The first-order valence-corrected chi connectivity index (χ1v) is 11.3. The van der Waals surface area contributed by atoms with E-state index in [4.69, 9.17) is 4.42 Å². The van der Waals surface area contributed by atoms with Crippen LogP contribution in [0, 0.1) is 0 Å². The Labute approximate surface area is 198 Å². The van der Waals surface area contributed by atoms with Gasteiger partial charge >= 0.3 is 6.18 Å². The van der Waals surface area contributed by atoms with E-state index in [2.05, 4.69) is 10.2 Å². The highest BCUT2D eigenvalue weighted by atomic mass is 32.2. The van der Waals surface area contributed by atoms with Crippen LogP contribution in [-0.4, -0.2) is 38.4 Å². The number of hydrogen-bond donors (Lipinski definition) is 0. The lowest BCUT2D eigenvalue weighted by Crippen LogP contribution is -2.29. The molecule has 2 aromatic carbocycles. The number of halogens is 3. The zero-order valence-electron chi connectivity index (χ0n) is 18.2. The maximum absolute atomic E-state index is 13.3. The molecule has 0 N–H and O–H groups in total. The first-order chi connectivity index (χ1) is 16.3. The normalized spacial score (nSPS) is 11.5. The van der Waals surface area contributed by atoms with E-state index in [0.717, 1.165) is 11.6 Å². The van der Waals surface area contributed by atoms with Crippen LogP contribution in [0.25, 0.3) is 11.6 Å². The van der Waals surface area contributed by atoms with Gasteiger partial charge in [0, 0.05) is 13.6 Å². The van der Waals surface area contributed by atoms with Gasteiger partial charge in [-0.1, -0.05) is 60.3 Å². The van der Waals surface area contributed by atoms with Gasteiger partial charge in [0.25, 0.3) is 0 Å². The van der Waals surface area contributed by atoms with E-state index in [-0.39, 0.29) is 23.8 Å². The van der Waals surface area contributed by atoms with Gasteiger partial charge in [0.1, 0.15) is 0 Å². The Morgan fingerprint density at radius 1 is 1.03 bits per heavy atom. The number of benzene rings is 2. The number of alkyl halides is 3. The zero-order chi connectivity index (χ0) is 24.1. The van der Waals surface area contributed by atoms with Crippen molar-refractivity contribution in [3.63, 3.8) is 0 Å². The van der Waals surface area contributed by atoms with Gasteiger partial charge < -0.3 is 9.32 Å². The van der Waals surface area contributed by atoms with Crippen molar-refractivity contribution in [2.75, 3.05) is 12.8 Å². The van der Waals surface area contributed by atoms with Crippen LogP contribution < -0.4 is 0 Å². The summed E-state index contributed by atoms with van der Waals surface area (Å²) in [7, 11) is 1.49. The smallest absolute Gasteiger partial charge is 0.416 e. The van der Waals surface area contributed by atoms with Crippen molar-refractivity contribution in [2.24, 2.45) is 0 Å². The molecule has 0 radical (unpaired) electrons. The molecule has 0 atom stereocenters. The molecule has 2 heterocycles. The first-order valence-electron chi connectivity index (χ1n) is 10.4. The standard InChI is InChI=1S/C24H21F3N4O2S/c1-30(15-18-10-5-6-11-19(18)24(25,26)27)21(32)16-34-23-29-28-22(20-12-7-13-33-20)31(23)14-17-8-3-2-4-9-17/h2-13H,14-16H2,1H3. The minimum absolute atomic E-state index is 0.00420. The second-order valence-electron chi connectivity index (χ2n) is 7.55. The third-order valence-corrected chi connectivity index (χ3v) is 6.07. The zero-order valence-corrected chi connectivity index (χ0v) is 19.0. The quantitative estimate of drug-likeness (QED) is 0.314. The predicted octanol–water partition coefficient (Wildman–Crippen LogP) is 5.36. The highest BCUT2D eigenvalue weighted by Gasteiger charge is 2.33. The molecule has 0 bridgehead atoms. The number of thioether (sulfide) groups is 1. The average molecular weight is 487 g/mol. The number of rotatable bonds is 8. The van der Waals surface area contributed by atoms with Crippen molar-refractivity contribution >= 4 is 17.7 Å². The van der Waals surface area contributed by atoms with E-state index < -0.39 is 11.7 Å². The molecule has 10 heteroatoms. The van der Waals surface area contributed by atoms with Crippen LogP contribution in [-0.2, 0) is 24.1 Å². The molecule has 6 nitrogen and oxygen atoms in total. The summed E-state index contributed by atoms with van der Waals surface area (Å²) >= 11 is 1.18. The fourth-order valence-corrected chi connectivity index (χ4v) is 4.29. The third-order valence-electron chi connectivity index (χ3n) is 5.12. The topological polar surface area (TPSA) is 64.2 Å². The summed E-state index contributed by atoms with van der Waals surface area (Å²) in [6, 6.07) is 18.5. The fraction of sp³-hybridized carbons (Fsp3) is 0.208. The van der Waals surface area contributed by atoms with Crippen molar-refractivity contribution in [1.29, 1.82) is 0 Å². The number of hydrogen-bond acceptors (Lipinski definition) is 5. The minimum atomic E-state index is -4.48. The summed E-state index contributed by atoms with van der Waals surface area (Å²) in [6.45, 7) is 0.318. The molecule has 0 spiro atoms. The average Bonchev–Trinajstić information content (AvgIpc) is 3.48. The van der Waals surface area contributed by atoms with Crippen molar-refractivity contribution in [2.45, 2.75) is 24.4 Å². The van der Waals surface area contributed by atoms with E-state index in [0.29, 0.717) is 23.3 Å². The summed E-state index contributed by atoms with van der Waals surface area (Å²) in [5.41, 5.74) is 0.320. The molecule has 0 saturated heterocycles. The molecule has 0 aliphatic carbocycles. The van der Waals surface area contributed by atoms with Crippen LogP contribution >= 0.6 is 11.8 Å². The second kappa shape index (κ2) is 10.2. The summed E-state index contributed by atoms with van der Waals surface area (Å²) < 4.78 is 47.2. The number of nitrogens with zero attached hydrogens (tertiary/aromatic N) is 4. The van der Waals surface area contributed by atoms with E-state index >= 15 is 0 Å². The minimum Gasteiger partial charge on any atom is -0.461 e. The molecule has 0 fully saturated rings. The van der Waals surface area contributed by atoms with E-state index in [1.54, 1.807) is 18.4 Å². The van der Waals surface area contributed by atoms with Gasteiger partial charge in [0.05, 0.1) is 24.1 Å². The second-order valence-corrected chi connectivity index (χ2v) is 8.49. The molecule has 0 aliphatic rings. The maximum Gasteiger partial charge on any atom is 0.416 e. The van der Waals surface area contributed by atoms with Crippen LogP contribution in [0.15, 0.2) is 82.6 Å². The summed E-state index contributed by atoms with van der Waals surface area (Å²) in [4.78, 5) is 14.0. The van der Waals surface area contributed by atoms with Gasteiger partial charge in [-0.3, -0.25) is 9.36 Å². The predicted molar refractivity (Wildman–Crippen MR) is 122 cm³/mol. The van der Waals surface area contributed by atoms with Crippen molar-refractivity contribution < 1.29 is 22.4 Å². The molecule has 4 rings (SSSR count). The molecule has 1 amide bonds. The van der Waals surface area contributed by atoms with Crippen LogP contribution in [0.5, 0.6) is 0 Å². The van der Waals surface area contributed by atoms with Crippen molar-refractivity contribution in [3.8, 4) is 11.6 Å². The highest BCUT2D eigenvalue weighted by molar-refractivity contribution is 7.99. The van der Waals surface area contributed by atoms with Gasteiger partial charge in [-0.05, 0) is 29.3 Å². The lowest BCUT2D eigenvalue weighted by atomic mass is 10.1. The number of amides is 1. The molecule has 0 unspecified atom stereocenters. The molecule has 0 aliphatic heterocycles. The van der Waals surface area contributed by atoms with E-state index in [9.17, 15) is 18.0 Å². The molecular weight excluding hydrogens is 465 g/mol. The van der Waals surface area contributed by atoms with Gasteiger partial charge in [-0.2, -0.15) is 13.2 Å². The molecule has 2 aromatic heterocycles. The summed E-state index contributed by atoms with van der Waals surface area (Å²) in [6.07, 6.45) is -2.94. The largest absolute Gasteiger partial charge is 0.461 e. The third kappa shape index (κ3) is 5.51. The fourth-order valence-electron chi connectivity index (χ4n) is 3.41. The molecule has 176 valence electrons. The molecule has 4 aromatic rings. The number of carbonyl (C=O) groups is 1. The monoisotopic (exact) mass is 486 g/mol. The highest BCUT2D eigenvalue weighted by Crippen LogP contribution is 2.32.